The Morgan fingerprint density at radius 2 is 1.97 bits per heavy atom. The second-order valence-electron chi connectivity index (χ2n) is 8.10. The molecule has 0 fully saturated rings. The number of nitrogens with zero attached hydrogens (tertiary/aromatic N) is 7. The van der Waals surface area contributed by atoms with Crippen molar-refractivity contribution in [2.45, 2.75) is 45.7 Å². The molecule has 4 aromatic rings. The van der Waals surface area contributed by atoms with E-state index in [1.165, 1.54) is 18.7 Å². The van der Waals surface area contributed by atoms with Crippen molar-refractivity contribution in [3.8, 4) is 0 Å². The van der Waals surface area contributed by atoms with Crippen LogP contribution in [0.1, 0.15) is 65.1 Å². The largest absolute Gasteiger partial charge is 0.329 e. The Hall–Kier alpha value is -3.95. The van der Waals surface area contributed by atoms with Crippen LogP contribution in [0.5, 0.6) is 0 Å². The Morgan fingerprint density at radius 1 is 1.09 bits per heavy atom. The van der Waals surface area contributed by atoms with E-state index >= 15 is 0 Å². The second kappa shape index (κ2) is 7.95. The number of nitrogens with one attached hydrogen (secondary N) is 1. The Labute approximate surface area is 183 Å². The fourth-order valence-corrected chi connectivity index (χ4v) is 4.01. The van der Waals surface area contributed by atoms with Crippen LogP contribution < -0.4 is 5.32 Å². The summed E-state index contributed by atoms with van der Waals surface area (Å²) in [7, 11) is 0. The first kappa shape index (κ1) is 20.0. The number of anilines is 1. The van der Waals surface area contributed by atoms with E-state index in [0.29, 0.717) is 27.8 Å². The molecule has 0 saturated carbocycles. The van der Waals surface area contributed by atoms with Gasteiger partial charge in [0.25, 0.3) is 5.91 Å². The zero-order chi connectivity index (χ0) is 22.2. The van der Waals surface area contributed by atoms with E-state index in [4.69, 9.17) is 0 Å². The summed E-state index contributed by atoms with van der Waals surface area (Å²) in [6.45, 7) is 4.78. The van der Waals surface area contributed by atoms with Crippen molar-refractivity contribution in [2.75, 3.05) is 5.32 Å². The molecule has 0 saturated heterocycles. The molecule has 0 radical (unpaired) electrons. The Morgan fingerprint density at radius 3 is 2.81 bits per heavy atom. The first-order valence-electron chi connectivity index (χ1n) is 10.6. The van der Waals surface area contributed by atoms with Gasteiger partial charge in [-0.1, -0.05) is 0 Å². The second-order valence-corrected chi connectivity index (χ2v) is 8.10. The molecule has 5 heterocycles. The van der Waals surface area contributed by atoms with Crippen molar-refractivity contribution in [3.05, 3.63) is 60.0 Å². The standard InChI is InChI=1S/C22H22N8O2/c1-13(2)30-11-17(16-10-24-12-25-20(16)30)19(31)14-7-15(9-23-8-14)26-22(32)21-28-27-18-5-3-4-6-29(18)21/h7-13H,3-6H2,1-2H3,(H,26,32). The fraction of sp³-hybridized carbons (Fsp3) is 0.318. The highest BCUT2D eigenvalue weighted by molar-refractivity contribution is 6.16. The van der Waals surface area contributed by atoms with Gasteiger partial charge in [-0.25, -0.2) is 9.97 Å². The third kappa shape index (κ3) is 3.43. The highest BCUT2D eigenvalue weighted by Gasteiger charge is 2.22. The van der Waals surface area contributed by atoms with E-state index in [1.807, 2.05) is 23.0 Å². The SMILES string of the molecule is CC(C)n1cc(C(=O)c2cncc(NC(=O)c3nnc4n3CCCC4)c2)c2cncnc21. The maximum absolute atomic E-state index is 13.3. The minimum atomic E-state index is -0.373. The van der Waals surface area contributed by atoms with Crippen molar-refractivity contribution >= 4 is 28.4 Å². The molecule has 162 valence electrons. The van der Waals surface area contributed by atoms with E-state index in [-0.39, 0.29) is 23.6 Å². The summed E-state index contributed by atoms with van der Waals surface area (Å²) >= 11 is 0. The van der Waals surface area contributed by atoms with Crippen LogP contribution in [-0.2, 0) is 13.0 Å². The van der Waals surface area contributed by atoms with Gasteiger partial charge in [0, 0.05) is 48.5 Å². The van der Waals surface area contributed by atoms with Crippen LogP contribution in [0.4, 0.5) is 5.69 Å². The molecule has 1 amide bonds. The van der Waals surface area contributed by atoms with E-state index < -0.39 is 0 Å². The Kier molecular flexibility index (Phi) is 4.96. The predicted molar refractivity (Wildman–Crippen MR) is 116 cm³/mol. The van der Waals surface area contributed by atoms with Crippen LogP contribution in [0.3, 0.4) is 0 Å². The number of hydrogen-bond acceptors (Lipinski definition) is 7. The van der Waals surface area contributed by atoms with E-state index in [1.54, 1.807) is 18.5 Å². The van der Waals surface area contributed by atoms with Crippen molar-refractivity contribution in [1.82, 2.24) is 34.3 Å². The smallest absolute Gasteiger partial charge is 0.293 e. The number of hydrogen-bond donors (Lipinski definition) is 1. The topological polar surface area (TPSA) is 120 Å². The zero-order valence-corrected chi connectivity index (χ0v) is 17.8. The van der Waals surface area contributed by atoms with E-state index in [2.05, 4.69) is 30.5 Å². The number of rotatable bonds is 5. The summed E-state index contributed by atoms with van der Waals surface area (Å²) in [6, 6.07) is 1.75. The van der Waals surface area contributed by atoms with Crippen LogP contribution in [0, 0.1) is 0 Å². The lowest BCUT2D eigenvalue weighted by Crippen LogP contribution is -2.21. The molecule has 0 aliphatic carbocycles. The lowest BCUT2D eigenvalue weighted by atomic mass is 10.1. The normalized spacial score (nSPS) is 13.3. The lowest BCUT2D eigenvalue weighted by Gasteiger charge is -2.14. The minimum absolute atomic E-state index is 0.131. The van der Waals surface area contributed by atoms with Gasteiger partial charge < -0.3 is 14.5 Å². The maximum Gasteiger partial charge on any atom is 0.293 e. The van der Waals surface area contributed by atoms with Gasteiger partial charge in [-0.15, -0.1) is 10.2 Å². The lowest BCUT2D eigenvalue weighted by molar-refractivity contribution is 0.100. The average Bonchev–Trinajstić information content (AvgIpc) is 3.41. The summed E-state index contributed by atoms with van der Waals surface area (Å²) in [6.07, 6.45) is 10.7. The number of aryl methyl sites for hydroxylation is 1. The monoisotopic (exact) mass is 430 g/mol. The van der Waals surface area contributed by atoms with E-state index in [9.17, 15) is 9.59 Å². The number of carbonyl (C=O) groups is 2. The van der Waals surface area contributed by atoms with Crippen molar-refractivity contribution in [1.29, 1.82) is 0 Å². The molecule has 1 aliphatic heterocycles. The first-order chi connectivity index (χ1) is 15.5. The third-order valence-electron chi connectivity index (χ3n) is 5.62. The summed E-state index contributed by atoms with van der Waals surface area (Å²) < 4.78 is 3.79. The molecule has 1 N–H and O–H groups in total. The zero-order valence-electron chi connectivity index (χ0n) is 17.8. The molecule has 32 heavy (non-hydrogen) atoms. The summed E-state index contributed by atoms with van der Waals surface area (Å²) in [5.74, 6) is 0.510. The first-order valence-corrected chi connectivity index (χ1v) is 10.6. The van der Waals surface area contributed by atoms with Crippen LogP contribution in [0.15, 0.2) is 37.2 Å². The molecule has 0 unspecified atom stereocenters. The highest BCUT2D eigenvalue weighted by Crippen LogP contribution is 2.25. The molecule has 5 rings (SSSR count). The number of amides is 1. The molecule has 4 aromatic heterocycles. The maximum atomic E-state index is 13.3. The van der Waals surface area contributed by atoms with Gasteiger partial charge in [-0.05, 0) is 32.8 Å². The molecule has 10 nitrogen and oxygen atoms in total. The molecule has 0 aromatic carbocycles. The van der Waals surface area contributed by atoms with Crippen LogP contribution in [0.2, 0.25) is 0 Å². The van der Waals surface area contributed by atoms with Gasteiger partial charge in [0.1, 0.15) is 17.8 Å². The predicted octanol–water partition coefficient (Wildman–Crippen LogP) is 2.82. The quantitative estimate of drug-likeness (QED) is 0.483. The average molecular weight is 430 g/mol. The van der Waals surface area contributed by atoms with Gasteiger partial charge in [0.2, 0.25) is 5.82 Å². The molecule has 10 heteroatoms. The molecule has 0 atom stereocenters. The summed E-state index contributed by atoms with van der Waals surface area (Å²) in [4.78, 5) is 38.7. The molecular formula is C22H22N8O2. The van der Waals surface area contributed by atoms with Gasteiger partial charge in [0.15, 0.2) is 5.78 Å². The van der Waals surface area contributed by atoms with Crippen molar-refractivity contribution in [3.63, 3.8) is 0 Å². The minimum Gasteiger partial charge on any atom is -0.329 e. The summed E-state index contributed by atoms with van der Waals surface area (Å²) in [5.41, 5.74) is 1.97. The highest BCUT2D eigenvalue weighted by atomic mass is 16.2. The molecule has 0 bridgehead atoms. The number of carbonyl (C=O) groups excluding carboxylic acids is 2. The van der Waals surface area contributed by atoms with Gasteiger partial charge in [-0.2, -0.15) is 0 Å². The third-order valence-corrected chi connectivity index (χ3v) is 5.62. The van der Waals surface area contributed by atoms with Crippen LogP contribution >= 0.6 is 0 Å². The molecular weight excluding hydrogens is 408 g/mol. The Bertz CT molecular complexity index is 1340. The van der Waals surface area contributed by atoms with Crippen LogP contribution in [0.25, 0.3) is 11.0 Å². The number of ketones is 1. The van der Waals surface area contributed by atoms with Crippen molar-refractivity contribution in [2.24, 2.45) is 0 Å². The summed E-state index contributed by atoms with van der Waals surface area (Å²) in [5, 5.41) is 11.6. The molecule has 1 aliphatic rings. The number of pyridine rings is 1. The Balaban J connectivity index is 1.43. The van der Waals surface area contributed by atoms with Gasteiger partial charge >= 0.3 is 0 Å². The van der Waals surface area contributed by atoms with Gasteiger partial charge in [-0.3, -0.25) is 14.6 Å². The number of aromatic nitrogens is 7. The van der Waals surface area contributed by atoms with Crippen LogP contribution in [-0.4, -0.2) is 46.0 Å². The van der Waals surface area contributed by atoms with Crippen molar-refractivity contribution < 1.29 is 9.59 Å². The van der Waals surface area contributed by atoms with Gasteiger partial charge in [0.05, 0.1) is 17.4 Å². The molecule has 0 spiro atoms. The number of fused-ring (bicyclic) bond motifs is 2. The van der Waals surface area contributed by atoms with E-state index in [0.717, 1.165) is 31.6 Å². The fourth-order valence-electron chi connectivity index (χ4n) is 4.01.